The van der Waals surface area contributed by atoms with Gasteiger partial charge < -0.3 is 18.9 Å². The third-order valence-corrected chi connectivity index (χ3v) is 4.96. The van der Waals surface area contributed by atoms with Gasteiger partial charge in [-0.3, -0.25) is 28.9 Å². The molecule has 0 aromatic rings. The number of alkyl halides is 1. The van der Waals surface area contributed by atoms with E-state index in [1.54, 1.807) is 0 Å². The van der Waals surface area contributed by atoms with Gasteiger partial charge in [0.25, 0.3) is 11.8 Å². The smallest absolute Gasteiger partial charge is 0.303 e. The standard InChI is InChI=1S/C18H22ClNO9/c1-7-8(2)18(25)20(17(7)24)13-15(28-11(5)23)14(27-10(4)22)12(29-16(13)19)6-26-9(3)21/h12-16H,6H2,1-5H3/t12-,13-,14-,15-,16+/m1/s1. The van der Waals surface area contributed by atoms with Gasteiger partial charge in [-0.2, -0.15) is 0 Å². The topological polar surface area (TPSA) is 126 Å². The molecule has 11 heteroatoms. The maximum absolute atomic E-state index is 12.6. The summed E-state index contributed by atoms with van der Waals surface area (Å²) in [5, 5.41) is 0. The van der Waals surface area contributed by atoms with Crippen LogP contribution in [0.15, 0.2) is 11.1 Å². The van der Waals surface area contributed by atoms with Crippen molar-refractivity contribution in [2.75, 3.05) is 6.61 Å². The van der Waals surface area contributed by atoms with Gasteiger partial charge in [0.2, 0.25) is 0 Å². The molecule has 0 spiro atoms. The van der Waals surface area contributed by atoms with E-state index < -0.39 is 59.6 Å². The van der Waals surface area contributed by atoms with Crippen molar-refractivity contribution in [3.05, 3.63) is 11.1 Å². The molecule has 2 rings (SSSR count). The summed E-state index contributed by atoms with van der Waals surface area (Å²) in [7, 11) is 0. The van der Waals surface area contributed by atoms with Crippen molar-refractivity contribution >= 4 is 41.3 Å². The average molecular weight is 432 g/mol. The summed E-state index contributed by atoms with van der Waals surface area (Å²) >= 11 is 6.32. The number of halogens is 1. The maximum Gasteiger partial charge on any atom is 0.303 e. The van der Waals surface area contributed by atoms with Gasteiger partial charge in [0.05, 0.1) is 0 Å². The Bertz CT molecular complexity index is 753. The van der Waals surface area contributed by atoms with E-state index in [-0.39, 0.29) is 17.8 Å². The van der Waals surface area contributed by atoms with Crippen molar-refractivity contribution in [3.63, 3.8) is 0 Å². The number of ether oxygens (including phenoxy) is 4. The molecule has 29 heavy (non-hydrogen) atoms. The minimum atomic E-state index is -1.33. The van der Waals surface area contributed by atoms with Gasteiger partial charge in [0.1, 0.15) is 18.8 Å². The summed E-state index contributed by atoms with van der Waals surface area (Å²) < 4.78 is 21.1. The second kappa shape index (κ2) is 8.91. The second-order valence-corrected chi connectivity index (χ2v) is 7.13. The highest BCUT2D eigenvalue weighted by atomic mass is 35.5. The first-order valence-electron chi connectivity index (χ1n) is 8.78. The van der Waals surface area contributed by atoms with Crippen LogP contribution in [0, 0.1) is 0 Å². The molecule has 0 unspecified atom stereocenters. The Labute approximate surface area is 172 Å². The predicted octanol–water partition coefficient (Wildman–Crippen LogP) is 0.450. The number of carbonyl (C=O) groups excluding carboxylic acids is 5. The maximum atomic E-state index is 12.6. The van der Waals surface area contributed by atoms with Crippen molar-refractivity contribution < 1.29 is 42.9 Å². The molecule has 0 radical (unpaired) electrons. The molecular weight excluding hydrogens is 410 g/mol. The number of hydrogen-bond donors (Lipinski definition) is 0. The van der Waals surface area contributed by atoms with Gasteiger partial charge >= 0.3 is 17.9 Å². The fraction of sp³-hybridized carbons (Fsp3) is 0.611. The first-order chi connectivity index (χ1) is 13.5. The lowest BCUT2D eigenvalue weighted by Gasteiger charge is -2.45. The van der Waals surface area contributed by atoms with Crippen molar-refractivity contribution in [1.82, 2.24) is 4.90 Å². The highest BCUT2D eigenvalue weighted by Crippen LogP contribution is 2.35. The lowest BCUT2D eigenvalue weighted by molar-refractivity contribution is -0.222. The highest BCUT2D eigenvalue weighted by Gasteiger charge is 2.55. The largest absolute Gasteiger partial charge is 0.463 e. The third kappa shape index (κ3) is 4.76. The van der Waals surface area contributed by atoms with Crippen LogP contribution in [0.4, 0.5) is 0 Å². The summed E-state index contributed by atoms with van der Waals surface area (Å²) in [4.78, 5) is 60.7. The molecule has 0 N–H and O–H groups in total. The van der Waals surface area contributed by atoms with Gasteiger partial charge in [-0.1, -0.05) is 11.6 Å². The van der Waals surface area contributed by atoms with Crippen molar-refractivity contribution in [2.45, 2.75) is 64.5 Å². The summed E-state index contributed by atoms with van der Waals surface area (Å²) in [6, 6.07) is -1.27. The van der Waals surface area contributed by atoms with Crippen LogP contribution in [0.3, 0.4) is 0 Å². The van der Waals surface area contributed by atoms with Crippen molar-refractivity contribution in [1.29, 1.82) is 0 Å². The molecule has 0 bridgehead atoms. The molecule has 2 aliphatic heterocycles. The molecule has 10 nitrogen and oxygen atoms in total. The van der Waals surface area contributed by atoms with Crippen molar-refractivity contribution in [3.8, 4) is 0 Å². The van der Waals surface area contributed by atoms with E-state index in [4.69, 9.17) is 30.5 Å². The molecule has 0 aromatic heterocycles. The van der Waals surface area contributed by atoms with Gasteiger partial charge in [0, 0.05) is 31.9 Å². The zero-order chi connectivity index (χ0) is 22.0. The number of hydrogen-bond acceptors (Lipinski definition) is 9. The van der Waals surface area contributed by atoms with Crippen LogP contribution in [-0.2, 0) is 42.9 Å². The first-order valence-corrected chi connectivity index (χ1v) is 9.22. The van der Waals surface area contributed by atoms with Crippen LogP contribution in [0.1, 0.15) is 34.6 Å². The molecule has 0 saturated carbocycles. The van der Waals surface area contributed by atoms with Crippen LogP contribution < -0.4 is 0 Å². The molecule has 2 aliphatic rings. The van der Waals surface area contributed by atoms with E-state index in [2.05, 4.69) is 0 Å². The lowest BCUT2D eigenvalue weighted by Crippen LogP contribution is -2.66. The van der Waals surface area contributed by atoms with Crippen LogP contribution in [0.5, 0.6) is 0 Å². The number of amides is 2. The van der Waals surface area contributed by atoms with E-state index >= 15 is 0 Å². The van der Waals surface area contributed by atoms with Crippen LogP contribution >= 0.6 is 11.6 Å². The Balaban J connectivity index is 2.46. The monoisotopic (exact) mass is 431 g/mol. The zero-order valence-electron chi connectivity index (χ0n) is 16.6. The third-order valence-electron chi connectivity index (χ3n) is 4.59. The molecule has 0 aromatic carbocycles. The minimum absolute atomic E-state index is 0.214. The summed E-state index contributed by atoms with van der Waals surface area (Å²) in [6.45, 7) is 6.03. The summed E-state index contributed by atoms with van der Waals surface area (Å²) in [5.41, 5.74) is -0.892. The Kier molecular flexibility index (Phi) is 7.02. The van der Waals surface area contributed by atoms with Gasteiger partial charge in [0.15, 0.2) is 17.8 Å². The second-order valence-electron chi connectivity index (χ2n) is 6.70. The number of carbonyl (C=O) groups is 5. The average Bonchev–Trinajstić information content (AvgIpc) is 2.79. The quantitative estimate of drug-likeness (QED) is 0.264. The highest BCUT2D eigenvalue weighted by molar-refractivity contribution is 6.23. The summed E-state index contributed by atoms with van der Waals surface area (Å²) in [6.07, 6.45) is -3.70. The van der Waals surface area contributed by atoms with Gasteiger partial charge in [-0.25, -0.2) is 0 Å². The first kappa shape index (κ1) is 22.8. The van der Waals surface area contributed by atoms with E-state index in [0.717, 1.165) is 18.7 Å². The molecule has 1 fully saturated rings. The van der Waals surface area contributed by atoms with Gasteiger partial charge in [-0.05, 0) is 13.8 Å². The van der Waals surface area contributed by atoms with Crippen molar-refractivity contribution in [2.24, 2.45) is 0 Å². The van der Waals surface area contributed by atoms with Gasteiger partial charge in [-0.15, -0.1) is 0 Å². The Morgan fingerprint density at radius 1 is 0.931 bits per heavy atom. The number of rotatable bonds is 5. The molecule has 0 aliphatic carbocycles. The molecule has 2 heterocycles. The van der Waals surface area contributed by atoms with Crippen LogP contribution in [-0.4, -0.2) is 71.1 Å². The SMILES string of the molecule is CC(=O)OC[C@H]1O[C@H](Cl)[C@H](N2C(=O)C(C)=C(C)C2=O)[C@@H](OC(C)=O)[C@@H]1OC(C)=O. The molecule has 1 saturated heterocycles. The Hall–Kier alpha value is -2.46. The normalized spacial score (nSPS) is 29.7. The fourth-order valence-corrected chi connectivity index (χ4v) is 3.57. The molecule has 160 valence electrons. The van der Waals surface area contributed by atoms with E-state index in [0.29, 0.717) is 0 Å². The molecule has 5 atom stereocenters. The summed E-state index contributed by atoms with van der Waals surface area (Å²) in [5.74, 6) is -3.35. The van der Waals surface area contributed by atoms with E-state index in [1.165, 1.54) is 20.8 Å². The predicted molar refractivity (Wildman–Crippen MR) is 96.3 cm³/mol. The van der Waals surface area contributed by atoms with E-state index in [1.807, 2.05) is 0 Å². The van der Waals surface area contributed by atoms with E-state index in [9.17, 15) is 24.0 Å². The Morgan fingerprint density at radius 2 is 1.41 bits per heavy atom. The fourth-order valence-electron chi connectivity index (χ4n) is 3.19. The zero-order valence-corrected chi connectivity index (χ0v) is 17.3. The number of esters is 3. The number of imide groups is 1. The number of nitrogens with zero attached hydrogens (tertiary/aromatic N) is 1. The van der Waals surface area contributed by atoms with Crippen LogP contribution in [0.2, 0.25) is 0 Å². The molecule has 2 amide bonds. The Morgan fingerprint density at radius 3 is 1.86 bits per heavy atom. The molecular formula is C18H22ClNO9. The van der Waals surface area contributed by atoms with Crippen LogP contribution in [0.25, 0.3) is 0 Å². The minimum Gasteiger partial charge on any atom is -0.463 e. The lowest BCUT2D eigenvalue weighted by atomic mass is 9.96.